The predicted octanol–water partition coefficient (Wildman–Crippen LogP) is 3.30. The third kappa shape index (κ3) is 6.08. The highest BCUT2D eigenvalue weighted by molar-refractivity contribution is 5.78. The molecule has 130 valence electrons. The van der Waals surface area contributed by atoms with Crippen molar-refractivity contribution in [2.45, 2.75) is 19.3 Å². The SMILES string of the molecule is CN(CC(F)(F)F)C(=O)CN(Cc1ccccc1)Cc1ccco1. The van der Waals surface area contributed by atoms with Crippen LogP contribution >= 0.6 is 0 Å². The Morgan fingerprint density at radius 3 is 2.38 bits per heavy atom. The summed E-state index contributed by atoms with van der Waals surface area (Å²) < 4.78 is 42.6. The summed E-state index contributed by atoms with van der Waals surface area (Å²) in [4.78, 5) is 14.6. The van der Waals surface area contributed by atoms with Gasteiger partial charge in [-0.3, -0.25) is 9.69 Å². The molecule has 0 radical (unpaired) electrons. The van der Waals surface area contributed by atoms with Crippen LogP contribution in [0.15, 0.2) is 53.1 Å². The Hall–Kier alpha value is -2.28. The molecule has 0 N–H and O–H groups in total. The number of halogens is 3. The number of furan rings is 1. The summed E-state index contributed by atoms with van der Waals surface area (Å²) in [5.74, 6) is 0.0621. The molecule has 0 unspecified atom stereocenters. The van der Waals surface area contributed by atoms with Crippen LogP contribution < -0.4 is 0 Å². The molecule has 0 saturated carbocycles. The van der Waals surface area contributed by atoms with E-state index in [1.54, 1.807) is 17.0 Å². The molecule has 1 heterocycles. The first kappa shape index (κ1) is 18.1. The molecule has 4 nitrogen and oxygen atoms in total. The number of carbonyl (C=O) groups excluding carboxylic acids is 1. The number of alkyl halides is 3. The molecule has 2 rings (SSSR count). The number of rotatable bonds is 7. The lowest BCUT2D eigenvalue weighted by molar-refractivity contribution is -0.159. The van der Waals surface area contributed by atoms with Crippen molar-refractivity contribution in [3.8, 4) is 0 Å². The van der Waals surface area contributed by atoms with Gasteiger partial charge < -0.3 is 9.32 Å². The van der Waals surface area contributed by atoms with Gasteiger partial charge >= 0.3 is 6.18 Å². The monoisotopic (exact) mass is 340 g/mol. The quantitative estimate of drug-likeness (QED) is 0.776. The number of hydrogen-bond donors (Lipinski definition) is 0. The molecule has 0 bridgehead atoms. The van der Waals surface area contributed by atoms with Gasteiger partial charge in [0.1, 0.15) is 12.3 Å². The molecule has 0 aliphatic heterocycles. The Bertz CT molecular complexity index is 627. The van der Waals surface area contributed by atoms with Crippen molar-refractivity contribution in [3.63, 3.8) is 0 Å². The number of benzene rings is 1. The summed E-state index contributed by atoms with van der Waals surface area (Å²) >= 11 is 0. The van der Waals surface area contributed by atoms with E-state index in [1.807, 2.05) is 30.3 Å². The fraction of sp³-hybridized carbons (Fsp3) is 0.353. The first-order valence-corrected chi connectivity index (χ1v) is 7.43. The van der Waals surface area contributed by atoms with Gasteiger partial charge in [-0.15, -0.1) is 0 Å². The third-order valence-electron chi connectivity index (χ3n) is 3.41. The van der Waals surface area contributed by atoms with Crippen molar-refractivity contribution in [2.24, 2.45) is 0 Å². The van der Waals surface area contributed by atoms with Crippen molar-refractivity contribution < 1.29 is 22.4 Å². The van der Waals surface area contributed by atoms with Crippen molar-refractivity contribution in [2.75, 3.05) is 20.1 Å². The van der Waals surface area contributed by atoms with Crippen LogP contribution in [-0.2, 0) is 17.9 Å². The summed E-state index contributed by atoms with van der Waals surface area (Å²) in [5, 5.41) is 0. The van der Waals surface area contributed by atoms with Crippen LogP contribution in [0, 0.1) is 0 Å². The van der Waals surface area contributed by atoms with Crippen molar-refractivity contribution in [1.29, 1.82) is 0 Å². The predicted molar refractivity (Wildman–Crippen MR) is 83.0 cm³/mol. The molecule has 0 fully saturated rings. The Morgan fingerprint density at radius 1 is 1.08 bits per heavy atom. The number of likely N-dealkylation sites (N-methyl/N-ethyl adjacent to an activating group) is 1. The highest BCUT2D eigenvalue weighted by atomic mass is 19.4. The first-order chi connectivity index (χ1) is 11.3. The standard InChI is InChI=1S/C17H19F3N2O2/c1-21(13-17(18,19)20)16(23)12-22(11-15-8-5-9-24-15)10-14-6-3-2-4-7-14/h2-9H,10-13H2,1H3. The Morgan fingerprint density at radius 2 is 1.79 bits per heavy atom. The van der Waals surface area contributed by atoms with Gasteiger partial charge in [0.05, 0.1) is 19.4 Å². The van der Waals surface area contributed by atoms with Gasteiger partial charge in [0.15, 0.2) is 0 Å². The minimum Gasteiger partial charge on any atom is -0.468 e. The molecular formula is C17H19F3N2O2. The van der Waals surface area contributed by atoms with Crippen molar-refractivity contribution in [3.05, 3.63) is 60.1 Å². The fourth-order valence-corrected chi connectivity index (χ4v) is 2.30. The van der Waals surface area contributed by atoms with Crippen LogP contribution in [0.1, 0.15) is 11.3 Å². The largest absolute Gasteiger partial charge is 0.468 e. The summed E-state index contributed by atoms with van der Waals surface area (Å²) in [5.41, 5.74) is 0.968. The lowest BCUT2D eigenvalue weighted by atomic mass is 10.2. The van der Waals surface area contributed by atoms with Gasteiger partial charge in [0.25, 0.3) is 0 Å². The summed E-state index contributed by atoms with van der Waals surface area (Å²) in [6.45, 7) is -0.603. The van der Waals surface area contributed by atoms with Crippen LogP contribution in [0.5, 0.6) is 0 Å². The first-order valence-electron chi connectivity index (χ1n) is 7.43. The molecule has 1 aromatic carbocycles. The van der Waals surface area contributed by atoms with E-state index in [0.717, 1.165) is 12.6 Å². The molecule has 1 aromatic heterocycles. The molecule has 0 spiro atoms. The number of hydrogen-bond acceptors (Lipinski definition) is 3. The van der Waals surface area contributed by atoms with E-state index < -0.39 is 18.6 Å². The molecule has 0 aliphatic carbocycles. The van der Waals surface area contributed by atoms with E-state index in [0.29, 0.717) is 23.7 Å². The maximum atomic E-state index is 12.4. The van der Waals surface area contributed by atoms with E-state index in [2.05, 4.69) is 0 Å². The number of amides is 1. The third-order valence-corrected chi connectivity index (χ3v) is 3.41. The topological polar surface area (TPSA) is 36.7 Å². The maximum Gasteiger partial charge on any atom is 0.406 e. The van der Waals surface area contributed by atoms with Gasteiger partial charge in [0, 0.05) is 13.6 Å². The van der Waals surface area contributed by atoms with Gasteiger partial charge in [-0.25, -0.2) is 0 Å². The Labute approximate surface area is 138 Å². The van der Waals surface area contributed by atoms with Crippen LogP contribution in [0.4, 0.5) is 13.2 Å². The fourth-order valence-electron chi connectivity index (χ4n) is 2.30. The summed E-state index contributed by atoms with van der Waals surface area (Å²) in [6.07, 6.45) is -2.89. The van der Waals surface area contributed by atoms with E-state index in [1.165, 1.54) is 6.26 Å². The Balaban J connectivity index is 2.03. The van der Waals surface area contributed by atoms with Crippen LogP contribution in [0.2, 0.25) is 0 Å². The second-order valence-corrected chi connectivity index (χ2v) is 5.58. The van der Waals surface area contributed by atoms with Crippen LogP contribution in [0.3, 0.4) is 0 Å². The van der Waals surface area contributed by atoms with Gasteiger partial charge in [-0.2, -0.15) is 13.2 Å². The normalized spacial score (nSPS) is 11.7. The minimum absolute atomic E-state index is 0.123. The zero-order valence-corrected chi connectivity index (χ0v) is 13.3. The van der Waals surface area contributed by atoms with E-state index in [9.17, 15) is 18.0 Å². The second-order valence-electron chi connectivity index (χ2n) is 5.58. The zero-order valence-electron chi connectivity index (χ0n) is 13.3. The average Bonchev–Trinajstić information content (AvgIpc) is 2.99. The molecular weight excluding hydrogens is 321 g/mol. The molecule has 24 heavy (non-hydrogen) atoms. The van der Waals surface area contributed by atoms with Crippen molar-refractivity contribution >= 4 is 5.91 Å². The van der Waals surface area contributed by atoms with Crippen LogP contribution in [0.25, 0.3) is 0 Å². The van der Waals surface area contributed by atoms with E-state index in [-0.39, 0.29) is 6.54 Å². The molecule has 0 atom stereocenters. The lowest BCUT2D eigenvalue weighted by Crippen LogP contribution is -2.42. The summed E-state index contributed by atoms with van der Waals surface area (Å²) in [7, 11) is 1.16. The summed E-state index contributed by atoms with van der Waals surface area (Å²) in [6, 6.07) is 12.9. The van der Waals surface area contributed by atoms with Gasteiger partial charge in [-0.05, 0) is 17.7 Å². The molecule has 2 aromatic rings. The minimum atomic E-state index is -4.41. The lowest BCUT2D eigenvalue weighted by Gasteiger charge is -2.25. The maximum absolute atomic E-state index is 12.4. The zero-order chi connectivity index (χ0) is 17.6. The highest BCUT2D eigenvalue weighted by Gasteiger charge is 2.31. The molecule has 0 aliphatic rings. The second kappa shape index (κ2) is 8.01. The van der Waals surface area contributed by atoms with Crippen LogP contribution in [-0.4, -0.2) is 42.0 Å². The van der Waals surface area contributed by atoms with Crippen molar-refractivity contribution in [1.82, 2.24) is 9.80 Å². The smallest absolute Gasteiger partial charge is 0.406 e. The molecule has 1 amide bonds. The van der Waals surface area contributed by atoms with E-state index >= 15 is 0 Å². The Kier molecular flexibility index (Phi) is 6.03. The number of carbonyl (C=O) groups is 1. The average molecular weight is 340 g/mol. The van der Waals surface area contributed by atoms with Gasteiger partial charge in [0.2, 0.25) is 5.91 Å². The van der Waals surface area contributed by atoms with E-state index in [4.69, 9.17) is 4.42 Å². The number of nitrogens with zero attached hydrogens (tertiary/aromatic N) is 2. The van der Waals surface area contributed by atoms with Gasteiger partial charge in [-0.1, -0.05) is 30.3 Å². The highest BCUT2D eigenvalue weighted by Crippen LogP contribution is 2.16. The molecule has 0 saturated heterocycles. The molecule has 7 heteroatoms.